The van der Waals surface area contributed by atoms with E-state index >= 15 is 0 Å². The molecule has 3 rings (SSSR count). The van der Waals surface area contributed by atoms with Gasteiger partial charge in [-0.15, -0.1) is 24.0 Å². The molecule has 1 saturated carbocycles. The van der Waals surface area contributed by atoms with E-state index in [1.807, 2.05) is 0 Å². The Kier molecular flexibility index (Phi) is 9.76. The Morgan fingerprint density at radius 2 is 1.82 bits per heavy atom. The molecule has 1 unspecified atom stereocenters. The Bertz CT molecular complexity index is 517. The molecule has 2 N–H and O–H groups in total. The molecule has 0 radical (unpaired) electrons. The van der Waals surface area contributed by atoms with Crippen molar-refractivity contribution in [1.29, 1.82) is 0 Å². The predicted molar refractivity (Wildman–Crippen MR) is 125 cm³/mol. The van der Waals surface area contributed by atoms with Crippen molar-refractivity contribution in [2.24, 2.45) is 4.99 Å². The molecule has 0 aromatic heterocycles. The predicted octanol–water partition coefficient (Wildman–Crippen LogP) is 1.34. The van der Waals surface area contributed by atoms with E-state index in [9.17, 15) is 4.79 Å². The molecule has 2 heterocycles. The van der Waals surface area contributed by atoms with E-state index in [2.05, 4.69) is 32.3 Å². The van der Waals surface area contributed by atoms with Crippen molar-refractivity contribution >= 4 is 35.8 Å². The standard InChI is InChI=1S/C20H38N6O.HI/c1-4-25-11-5-6-18(25)14-21-20(22-15-19(27)24(2)3)23-16-9-12-26(13-10-16)17-7-8-17;/h16-18H,4-15H2,1-3H3,(H2,21,22,23);1H. The molecule has 0 bridgehead atoms. The van der Waals surface area contributed by atoms with Gasteiger partial charge in [0.1, 0.15) is 6.54 Å². The molecule has 8 heteroatoms. The van der Waals surface area contributed by atoms with E-state index in [0.717, 1.165) is 37.9 Å². The highest BCUT2D eigenvalue weighted by molar-refractivity contribution is 14.0. The van der Waals surface area contributed by atoms with Crippen LogP contribution in [0.3, 0.4) is 0 Å². The highest BCUT2D eigenvalue weighted by atomic mass is 127. The molecule has 1 atom stereocenters. The summed E-state index contributed by atoms with van der Waals surface area (Å²) in [5, 5.41) is 7.14. The fourth-order valence-electron chi connectivity index (χ4n) is 4.24. The average molecular weight is 506 g/mol. The molecule has 162 valence electrons. The maximum absolute atomic E-state index is 12.0. The minimum atomic E-state index is 0. The minimum absolute atomic E-state index is 0. The van der Waals surface area contributed by atoms with E-state index in [0.29, 0.717) is 12.1 Å². The highest BCUT2D eigenvalue weighted by Crippen LogP contribution is 2.29. The van der Waals surface area contributed by atoms with Gasteiger partial charge in [0.05, 0.1) is 0 Å². The second-order valence-corrected chi connectivity index (χ2v) is 8.44. The van der Waals surface area contributed by atoms with Gasteiger partial charge in [-0.3, -0.25) is 9.69 Å². The van der Waals surface area contributed by atoms with E-state index in [1.54, 1.807) is 19.0 Å². The molecule has 0 aromatic rings. The summed E-state index contributed by atoms with van der Waals surface area (Å²) in [7, 11) is 3.56. The molecular formula is C20H39IN6O. The number of guanidine groups is 1. The maximum atomic E-state index is 12.0. The van der Waals surface area contributed by atoms with Crippen LogP contribution in [0.5, 0.6) is 0 Å². The summed E-state index contributed by atoms with van der Waals surface area (Å²) < 4.78 is 0. The van der Waals surface area contributed by atoms with Crippen LogP contribution in [-0.2, 0) is 4.79 Å². The molecule has 3 fully saturated rings. The van der Waals surface area contributed by atoms with Crippen molar-refractivity contribution in [3.8, 4) is 0 Å². The van der Waals surface area contributed by atoms with Gasteiger partial charge >= 0.3 is 0 Å². The average Bonchev–Trinajstić information content (AvgIpc) is 3.42. The van der Waals surface area contributed by atoms with Gasteiger partial charge in [0.15, 0.2) is 5.96 Å². The van der Waals surface area contributed by atoms with Crippen molar-refractivity contribution in [1.82, 2.24) is 25.3 Å². The molecule has 2 saturated heterocycles. The zero-order chi connectivity index (χ0) is 19.2. The van der Waals surface area contributed by atoms with E-state index in [1.165, 1.54) is 45.3 Å². The van der Waals surface area contributed by atoms with Crippen LogP contribution >= 0.6 is 24.0 Å². The molecule has 0 aromatic carbocycles. The lowest BCUT2D eigenvalue weighted by molar-refractivity contribution is -0.127. The van der Waals surface area contributed by atoms with Gasteiger partial charge in [0.2, 0.25) is 5.91 Å². The lowest BCUT2D eigenvalue weighted by atomic mass is 10.1. The van der Waals surface area contributed by atoms with E-state index in [4.69, 9.17) is 0 Å². The van der Waals surface area contributed by atoms with Crippen LogP contribution < -0.4 is 10.6 Å². The summed E-state index contributed by atoms with van der Waals surface area (Å²) in [6.07, 6.45) is 7.60. The Hall–Kier alpha value is -0.610. The zero-order valence-electron chi connectivity index (χ0n) is 17.8. The Balaban J connectivity index is 0.00000280. The van der Waals surface area contributed by atoms with Crippen LogP contribution in [0.4, 0.5) is 0 Å². The largest absolute Gasteiger partial charge is 0.355 e. The fourth-order valence-corrected chi connectivity index (χ4v) is 4.24. The van der Waals surface area contributed by atoms with Gasteiger partial charge in [-0.2, -0.15) is 0 Å². The minimum Gasteiger partial charge on any atom is -0.355 e. The second kappa shape index (κ2) is 11.5. The van der Waals surface area contributed by atoms with Crippen LogP contribution in [0, 0.1) is 0 Å². The van der Waals surface area contributed by atoms with Gasteiger partial charge in [0.25, 0.3) is 0 Å². The molecular weight excluding hydrogens is 467 g/mol. The van der Waals surface area contributed by atoms with Crippen molar-refractivity contribution < 1.29 is 4.79 Å². The summed E-state index contributed by atoms with van der Waals surface area (Å²) in [6, 6.07) is 1.88. The van der Waals surface area contributed by atoms with Crippen molar-refractivity contribution in [2.45, 2.75) is 63.6 Å². The lowest BCUT2D eigenvalue weighted by Gasteiger charge is -2.33. The van der Waals surface area contributed by atoms with Crippen molar-refractivity contribution in [3.63, 3.8) is 0 Å². The van der Waals surface area contributed by atoms with Gasteiger partial charge < -0.3 is 20.4 Å². The van der Waals surface area contributed by atoms with E-state index in [-0.39, 0.29) is 36.4 Å². The number of hydrogen-bond acceptors (Lipinski definition) is 4. The molecule has 0 spiro atoms. The monoisotopic (exact) mass is 506 g/mol. The first kappa shape index (κ1) is 23.7. The summed E-state index contributed by atoms with van der Waals surface area (Å²) in [6.45, 7) is 7.99. The first-order valence-corrected chi connectivity index (χ1v) is 10.8. The third kappa shape index (κ3) is 7.02. The first-order valence-electron chi connectivity index (χ1n) is 10.8. The maximum Gasteiger partial charge on any atom is 0.243 e. The normalized spacial score (nSPS) is 24.7. The van der Waals surface area contributed by atoms with Gasteiger partial charge in [-0.25, -0.2) is 4.99 Å². The number of likely N-dealkylation sites (N-methyl/N-ethyl adjacent to an activating group) is 2. The zero-order valence-corrected chi connectivity index (χ0v) is 20.2. The Morgan fingerprint density at radius 1 is 1.11 bits per heavy atom. The number of likely N-dealkylation sites (tertiary alicyclic amines) is 2. The fraction of sp³-hybridized carbons (Fsp3) is 0.900. The topological polar surface area (TPSA) is 63.2 Å². The van der Waals surface area contributed by atoms with Crippen LogP contribution in [0.2, 0.25) is 0 Å². The number of nitrogens with zero attached hydrogens (tertiary/aromatic N) is 4. The molecule has 2 aliphatic heterocycles. The van der Waals surface area contributed by atoms with E-state index < -0.39 is 0 Å². The van der Waals surface area contributed by atoms with Crippen LogP contribution in [0.15, 0.2) is 4.99 Å². The third-order valence-electron chi connectivity index (χ3n) is 6.22. The summed E-state index contributed by atoms with van der Waals surface area (Å²) >= 11 is 0. The number of piperidine rings is 1. The number of carbonyl (C=O) groups is 1. The molecule has 1 aliphatic carbocycles. The molecule has 7 nitrogen and oxygen atoms in total. The number of aliphatic imine (C=N–C) groups is 1. The highest BCUT2D eigenvalue weighted by Gasteiger charge is 2.32. The van der Waals surface area contributed by atoms with Crippen LogP contribution in [0.1, 0.15) is 45.4 Å². The summed E-state index contributed by atoms with van der Waals surface area (Å²) in [4.78, 5) is 23.3. The Morgan fingerprint density at radius 3 is 2.43 bits per heavy atom. The first-order chi connectivity index (χ1) is 13.1. The molecule has 1 amide bonds. The van der Waals surface area contributed by atoms with Gasteiger partial charge in [-0.1, -0.05) is 6.92 Å². The quantitative estimate of drug-likeness (QED) is 0.310. The number of rotatable bonds is 7. The third-order valence-corrected chi connectivity index (χ3v) is 6.22. The van der Waals surface area contributed by atoms with Crippen molar-refractivity contribution in [3.05, 3.63) is 0 Å². The molecule has 28 heavy (non-hydrogen) atoms. The molecule has 3 aliphatic rings. The smallest absolute Gasteiger partial charge is 0.243 e. The van der Waals surface area contributed by atoms with Crippen LogP contribution in [0.25, 0.3) is 0 Å². The number of hydrogen-bond donors (Lipinski definition) is 2. The number of amides is 1. The second-order valence-electron chi connectivity index (χ2n) is 8.44. The SMILES string of the molecule is CCN1CCCC1CNC(=NCC(=O)N(C)C)NC1CCN(C2CC2)CC1.I. The van der Waals surface area contributed by atoms with Gasteiger partial charge in [-0.05, 0) is 51.6 Å². The number of carbonyl (C=O) groups excluding carboxylic acids is 1. The van der Waals surface area contributed by atoms with Crippen molar-refractivity contribution in [2.75, 3.05) is 53.4 Å². The Labute approximate surface area is 187 Å². The number of nitrogens with one attached hydrogen (secondary N) is 2. The summed E-state index contributed by atoms with van der Waals surface area (Å²) in [5.41, 5.74) is 0. The van der Waals surface area contributed by atoms with Crippen LogP contribution in [-0.4, -0.2) is 98.1 Å². The van der Waals surface area contributed by atoms with Gasteiger partial charge in [0, 0.05) is 51.9 Å². The number of halogens is 1. The lowest BCUT2D eigenvalue weighted by Crippen LogP contribution is -2.51. The summed E-state index contributed by atoms with van der Waals surface area (Å²) in [5.74, 6) is 0.841.